The molecule has 0 radical (unpaired) electrons. The molecule has 128 valence electrons. The third kappa shape index (κ3) is 3.91. The number of rotatable bonds is 5. The molecule has 1 aromatic heterocycles. The highest BCUT2D eigenvalue weighted by molar-refractivity contribution is 5.92. The maximum Gasteiger partial charge on any atom is 0.273 e. The quantitative estimate of drug-likeness (QED) is 0.853. The van der Waals surface area contributed by atoms with Crippen molar-refractivity contribution in [1.82, 2.24) is 20.3 Å². The minimum atomic E-state index is -0.160. The summed E-state index contributed by atoms with van der Waals surface area (Å²) in [5.74, 6) is -0.160. The number of benzene rings is 1. The summed E-state index contributed by atoms with van der Waals surface area (Å²) >= 11 is 0. The third-order valence-corrected chi connectivity index (χ3v) is 4.33. The number of nitrogens with two attached hydrogens (primary N) is 1. The van der Waals surface area contributed by atoms with Crippen molar-refractivity contribution in [2.75, 3.05) is 24.5 Å². The van der Waals surface area contributed by atoms with E-state index >= 15 is 0 Å². The molecule has 3 rings (SSSR count). The Kier molecular flexibility index (Phi) is 5.10. The molecular formula is C17H24N6O. The van der Waals surface area contributed by atoms with Crippen molar-refractivity contribution in [1.29, 1.82) is 0 Å². The van der Waals surface area contributed by atoms with Crippen LogP contribution in [0.2, 0.25) is 0 Å². The molecule has 1 amide bonds. The van der Waals surface area contributed by atoms with Crippen LogP contribution in [-0.4, -0.2) is 46.6 Å². The van der Waals surface area contributed by atoms with Crippen molar-refractivity contribution in [3.63, 3.8) is 0 Å². The van der Waals surface area contributed by atoms with Gasteiger partial charge in [-0.3, -0.25) is 9.48 Å². The maximum atomic E-state index is 12.3. The minimum Gasteiger partial charge on any atom is -0.371 e. The zero-order chi connectivity index (χ0) is 16.9. The summed E-state index contributed by atoms with van der Waals surface area (Å²) in [7, 11) is 0. The van der Waals surface area contributed by atoms with Crippen LogP contribution in [0.3, 0.4) is 0 Å². The van der Waals surface area contributed by atoms with E-state index < -0.39 is 0 Å². The normalized spacial score (nSPS) is 15.5. The summed E-state index contributed by atoms with van der Waals surface area (Å²) in [5, 5.41) is 10.9. The van der Waals surface area contributed by atoms with Crippen molar-refractivity contribution in [2.24, 2.45) is 5.73 Å². The first kappa shape index (κ1) is 16.4. The largest absolute Gasteiger partial charge is 0.371 e. The molecule has 1 saturated heterocycles. The number of nitrogens with one attached hydrogen (secondary N) is 1. The number of anilines is 1. The first-order chi connectivity index (χ1) is 11.7. The van der Waals surface area contributed by atoms with E-state index in [1.165, 1.54) is 11.3 Å². The van der Waals surface area contributed by atoms with Crippen LogP contribution in [0, 0.1) is 6.92 Å². The van der Waals surface area contributed by atoms with Gasteiger partial charge in [-0.05, 0) is 37.5 Å². The van der Waals surface area contributed by atoms with Gasteiger partial charge in [0.05, 0.1) is 12.7 Å². The Hall–Kier alpha value is -2.41. The number of carbonyl (C=O) groups is 1. The molecule has 0 saturated carbocycles. The highest BCUT2D eigenvalue weighted by Crippen LogP contribution is 2.21. The van der Waals surface area contributed by atoms with Crippen LogP contribution in [0.4, 0.5) is 5.69 Å². The number of hydrogen-bond donors (Lipinski definition) is 2. The molecule has 0 aliphatic carbocycles. The molecule has 2 heterocycles. The molecule has 0 spiro atoms. The van der Waals surface area contributed by atoms with Crippen molar-refractivity contribution in [3.05, 3.63) is 41.7 Å². The number of aryl methyl sites for hydroxylation is 1. The average molecular weight is 328 g/mol. The van der Waals surface area contributed by atoms with Crippen molar-refractivity contribution in [3.8, 4) is 0 Å². The van der Waals surface area contributed by atoms with E-state index in [0.717, 1.165) is 25.9 Å². The lowest BCUT2D eigenvalue weighted by atomic mass is 10.0. The molecule has 24 heavy (non-hydrogen) atoms. The van der Waals surface area contributed by atoms with Gasteiger partial charge in [-0.1, -0.05) is 17.3 Å². The summed E-state index contributed by atoms with van der Waals surface area (Å²) < 4.78 is 1.59. The van der Waals surface area contributed by atoms with Gasteiger partial charge in [0.15, 0.2) is 5.69 Å². The Morgan fingerprint density at radius 1 is 1.38 bits per heavy atom. The molecule has 1 aliphatic rings. The second kappa shape index (κ2) is 7.44. The lowest BCUT2D eigenvalue weighted by Gasteiger charge is -2.34. The van der Waals surface area contributed by atoms with Crippen molar-refractivity contribution < 1.29 is 4.79 Å². The van der Waals surface area contributed by atoms with Gasteiger partial charge >= 0.3 is 0 Å². The summed E-state index contributed by atoms with van der Waals surface area (Å²) in [6.07, 6.45) is 3.50. The Morgan fingerprint density at radius 3 is 2.88 bits per heavy atom. The van der Waals surface area contributed by atoms with Gasteiger partial charge in [0.2, 0.25) is 0 Å². The summed E-state index contributed by atoms with van der Waals surface area (Å²) in [4.78, 5) is 14.6. The third-order valence-electron chi connectivity index (χ3n) is 4.33. The molecule has 0 unspecified atom stereocenters. The van der Waals surface area contributed by atoms with Gasteiger partial charge in [-0.25, -0.2) is 0 Å². The first-order valence-corrected chi connectivity index (χ1v) is 8.38. The number of hydrogen-bond acceptors (Lipinski definition) is 5. The van der Waals surface area contributed by atoms with Crippen LogP contribution < -0.4 is 16.0 Å². The van der Waals surface area contributed by atoms with Crippen LogP contribution in [0.15, 0.2) is 30.5 Å². The smallest absolute Gasteiger partial charge is 0.273 e. The highest BCUT2D eigenvalue weighted by Gasteiger charge is 2.22. The topological polar surface area (TPSA) is 89.1 Å². The number of aromatic nitrogens is 3. The molecular weight excluding hydrogens is 304 g/mol. The van der Waals surface area contributed by atoms with E-state index in [2.05, 4.69) is 51.7 Å². The van der Waals surface area contributed by atoms with Crippen LogP contribution in [0.5, 0.6) is 0 Å². The lowest BCUT2D eigenvalue weighted by molar-refractivity contribution is 0.0926. The van der Waals surface area contributed by atoms with Gasteiger partial charge < -0.3 is 16.0 Å². The van der Waals surface area contributed by atoms with E-state index in [4.69, 9.17) is 5.73 Å². The van der Waals surface area contributed by atoms with Gasteiger partial charge in [-0.15, -0.1) is 5.10 Å². The predicted molar refractivity (Wildman–Crippen MR) is 93.0 cm³/mol. The molecule has 3 N–H and O–H groups in total. The minimum absolute atomic E-state index is 0.160. The standard InChI is InChI=1S/C17H24N6O/c1-13-3-2-4-15(11-13)22-8-5-14(6-9-22)19-17(24)16-12-23(10-7-18)21-20-16/h2-4,11-12,14H,5-10,18H2,1H3,(H,19,24). The molecule has 1 aliphatic heterocycles. The van der Waals surface area contributed by atoms with Crippen LogP contribution in [-0.2, 0) is 6.54 Å². The Balaban J connectivity index is 1.52. The van der Waals surface area contributed by atoms with Gasteiger partial charge in [0, 0.05) is 31.4 Å². The summed E-state index contributed by atoms with van der Waals surface area (Å²) in [5.41, 5.74) is 8.34. The van der Waals surface area contributed by atoms with Crippen molar-refractivity contribution >= 4 is 11.6 Å². The van der Waals surface area contributed by atoms with Crippen molar-refractivity contribution in [2.45, 2.75) is 32.4 Å². The van der Waals surface area contributed by atoms with E-state index in [1.54, 1.807) is 10.9 Å². The van der Waals surface area contributed by atoms with Crippen LogP contribution in [0.25, 0.3) is 0 Å². The predicted octanol–water partition coefficient (Wildman–Crippen LogP) is 0.944. The van der Waals surface area contributed by atoms with Gasteiger partial charge in [0.25, 0.3) is 5.91 Å². The average Bonchev–Trinajstić information content (AvgIpc) is 3.05. The van der Waals surface area contributed by atoms with Crippen LogP contribution >= 0.6 is 0 Å². The number of amides is 1. The molecule has 0 bridgehead atoms. The van der Waals surface area contributed by atoms with E-state index in [9.17, 15) is 4.79 Å². The number of nitrogens with zero attached hydrogens (tertiary/aromatic N) is 4. The Morgan fingerprint density at radius 2 is 2.17 bits per heavy atom. The second-order valence-electron chi connectivity index (χ2n) is 6.23. The fraction of sp³-hybridized carbons (Fsp3) is 0.471. The monoisotopic (exact) mass is 328 g/mol. The molecule has 7 nitrogen and oxygen atoms in total. The summed E-state index contributed by atoms with van der Waals surface area (Å²) in [6, 6.07) is 8.71. The number of piperidine rings is 1. The van der Waals surface area contributed by atoms with E-state index in [-0.39, 0.29) is 11.9 Å². The Bertz CT molecular complexity index is 690. The Labute approximate surface area is 141 Å². The number of carbonyl (C=O) groups excluding carboxylic acids is 1. The maximum absolute atomic E-state index is 12.3. The molecule has 2 aromatic rings. The second-order valence-corrected chi connectivity index (χ2v) is 6.23. The molecule has 1 fully saturated rings. The zero-order valence-electron chi connectivity index (χ0n) is 14.0. The van der Waals surface area contributed by atoms with Crippen LogP contribution in [0.1, 0.15) is 28.9 Å². The highest BCUT2D eigenvalue weighted by atomic mass is 16.2. The summed E-state index contributed by atoms with van der Waals surface area (Å²) in [6.45, 7) is 5.02. The SMILES string of the molecule is Cc1cccc(N2CCC(NC(=O)c3cn(CCN)nn3)CC2)c1. The van der Waals surface area contributed by atoms with E-state index in [1.807, 2.05) is 0 Å². The first-order valence-electron chi connectivity index (χ1n) is 8.38. The van der Waals surface area contributed by atoms with Gasteiger partial charge in [-0.2, -0.15) is 0 Å². The lowest BCUT2D eigenvalue weighted by Crippen LogP contribution is -2.44. The molecule has 0 atom stereocenters. The zero-order valence-corrected chi connectivity index (χ0v) is 14.0. The molecule has 7 heteroatoms. The molecule has 1 aromatic carbocycles. The van der Waals surface area contributed by atoms with E-state index in [0.29, 0.717) is 18.8 Å². The fourth-order valence-corrected chi connectivity index (χ4v) is 3.01. The fourth-order valence-electron chi connectivity index (χ4n) is 3.01. The van der Waals surface area contributed by atoms with Gasteiger partial charge in [0.1, 0.15) is 0 Å².